The molecular weight excluding hydrogens is 208 g/mol. The van der Waals surface area contributed by atoms with Gasteiger partial charge in [-0.2, -0.15) is 0 Å². The van der Waals surface area contributed by atoms with Gasteiger partial charge in [0.2, 0.25) is 5.91 Å². The largest absolute Gasteiger partial charge is 0.397 e. The molecule has 0 bridgehead atoms. The number of carbonyl (C=O) groups excluding carboxylic acids is 2. The van der Waals surface area contributed by atoms with Crippen LogP contribution in [0.4, 0.5) is 5.69 Å². The van der Waals surface area contributed by atoms with Crippen molar-refractivity contribution < 1.29 is 9.59 Å². The molecule has 0 unspecified atom stereocenters. The van der Waals surface area contributed by atoms with E-state index in [1.165, 1.54) is 6.07 Å². The molecule has 1 aromatic rings. The Balaban J connectivity index is 2.89. The summed E-state index contributed by atoms with van der Waals surface area (Å²) >= 11 is 0. The van der Waals surface area contributed by atoms with Crippen molar-refractivity contribution in [3.63, 3.8) is 0 Å². The quantitative estimate of drug-likeness (QED) is 0.650. The lowest BCUT2D eigenvalue weighted by Gasteiger charge is -2.22. The van der Waals surface area contributed by atoms with E-state index in [1.807, 2.05) is 0 Å². The van der Waals surface area contributed by atoms with Crippen LogP contribution in [0, 0.1) is 0 Å². The van der Waals surface area contributed by atoms with Gasteiger partial charge in [-0.1, -0.05) is 0 Å². The highest BCUT2D eigenvalue weighted by Gasteiger charge is 2.28. The van der Waals surface area contributed by atoms with Gasteiger partial charge in [-0.3, -0.25) is 9.59 Å². The first-order valence-electron chi connectivity index (χ1n) is 4.78. The summed E-state index contributed by atoms with van der Waals surface area (Å²) in [5.74, 6) is -0.981. The first kappa shape index (κ1) is 12.1. The lowest BCUT2D eigenvalue weighted by Crippen LogP contribution is -2.53. The fourth-order valence-electron chi connectivity index (χ4n) is 1.23. The number of anilines is 1. The highest BCUT2D eigenvalue weighted by atomic mass is 16.2. The van der Waals surface area contributed by atoms with Gasteiger partial charge in [-0.25, -0.2) is 0 Å². The van der Waals surface area contributed by atoms with E-state index in [0.717, 1.165) is 0 Å². The number of rotatable bonds is 3. The van der Waals surface area contributed by atoms with Crippen LogP contribution in [0.3, 0.4) is 0 Å². The molecule has 0 saturated carbocycles. The molecule has 1 rings (SSSR count). The Bertz CT molecular complexity index is 434. The summed E-state index contributed by atoms with van der Waals surface area (Å²) in [5, 5.41) is 2.54. The van der Waals surface area contributed by atoms with Crippen molar-refractivity contribution in [3.8, 4) is 0 Å². The predicted molar refractivity (Wildman–Crippen MR) is 60.6 cm³/mol. The van der Waals surface area contributed by atoms with Crippen molar-refractivity contribution in [2.24, 2.45) is 12.8 Å². The molecule has 1 aromatic heterocycles. The molecule has 0 aliphatic heterocycles. The summed E-state index contributed by atoms with van der Waals surface area (Å²) in [6.07, 6.45) is 1.62. The van der Waals surface area contributed by atoms with Crippen molar-refractivity contribution in [3.05, 3.63) is 18.0 Å². The molecule has 0 aliphatic carbocycles. The molecule has 6 heteroatoms. The minimum atomic E-state index is -1.09. The molecule has 5 N–H and O–H groups in total. The van der Waals surface area contributed by atoms with Gasteiger partial charge in [-0.05, 0) is 19.9 Å². The van der Waals surface area contributed by atoms with Crippen LogP contribution >= 0.6 is 0 Å². The number of nitrogens with one attached hydrogen (secondary N) is 1. The van der Waals surface area contributed by atoms with Crippen LogP contribution in [0.1, 0.15) is 24.3 Å². The Morgan fingerprint density at radius 3 is 2.38 bits per heavy atom. The van der Waals surface area contributed by atoms with Crippen molar-refractivity contribution in [2.75, 3.05) is 5.73 Å². The maximum atomic E-state index is 11.8. The van der Waals surface area contributed by atoms with Crippen molar-refractivity contribution >= 4 is 17.5 Å². The second kappa shape index (κ2) is 3.88. The number of carbonyl (C=O) groups is 2. The van der Waals surface area contributed by atoms with Gasteiger partial charge < -0.3 is 21.4 Å². The number of amides is 2. The number of hydrogen-bond donors (Lipinski definition) is 3. The molecule has 2 amide bonds. The van der Waals surface area contributed by atoms with Crippen LogP contribution in [0.5, 0.6) is 0 Å². The molecule has 1 heterocycles. The molecule has 0 fully saturated rings. The van der Waals surface area contributed by atoms with E-state index in [1.54, 1.807) is 31.7 Å². The van der Waals surface area contributed by atoms with E-state index in [9.17, 15) is 9.59 Å². The second-order valence-electron chi connectivity index (χ2n) is 4.21. The summed E-state index contributed by atoms with van der Waals surface area (Å²) < 4.78 is 1.59. The molecule has 0 aromatic carbocycles. The summed E-state index contributed by atoms with van der Waals surface area (Å²) in [4.78, 5) is 22.9. The van der Waals surface area contributed by atoms with Crippen LogP contribution in [0.25, 0.3) is 0 Å². The SMILES string of the molecule is Cn1cc(N)cc1C(=O)NC(C)(C)C(N)=O. The van der Waals surface area contributed by atoms with Crippen molar-refractivity contribution in [1.82, 2.24) is 9.88 Å². The minimum Gasteiger partial charge on any atom is -0.397 e. The van der Waals surface area contributed by atoms with Crippen molar-refractivity contribution in [1.29, 1.82) is 0 Å². The van der Waals surface area contributed by atoms with E-state index < -0.39 is 11.4 Å². The third kappa shape index (κ3) is 2.33. The van der Waals surface area contributed by atoms with Gasteiger partial charge in [0.05, 0.1) is 5.69 Å². The molecule has 0 saturated heterocycles. The molecule has 0 atom stereocenters. The normalized spacial score (nSPS) is 11.2. The van der Waals surface area contributed by atoms with E-state index in [-0.39, 0.29) is 5.91 Å². The Morgan fingerprint density at radius 1 is 1.44 bits per heavy atom. The summed E-state index contributed by atoms with van der Waals surface area (Å²) in [7, 11) is 1.70. The predicted octanol–water partition coefficient (Wildman–Crippen LogP) is -0.399. The number of primary amides is 1. The van der Waals surface area contributed by atoms with Crippen LogP contribution < -0.4 is 16.8 Å². The fourth-order valence-corrected chi connectivity index (χ4v) is 1.23. The number of hydrogen-bond acceptors (Lipinski definition) is 3. The number of aromatic nitrogens is 1. The number of nitrogens with two attached hydrogens (primary N) is 2. The number of aryl methyl sites for hydroxylation is 1. The molecule has 0 radical (unpaired) electrons. The monoisotopic (exact) mass is 224 g/mol. The summed E-state index contributed by atoms with van der Waals surface area (Å²) in [6, 6.07) is 1.53. The zero-order valence-electron chi connectivity index (χ0n) is 9.57. The first-order valence-corrected chi connectivity index (χ1v) is 4.78. The molecule has 0 aliphatic rings. The molecule has 0 spiro atoms. The lowest BCUT2D eigenvalue weighted by atomic mass is 10.1. The average Bonchev–Trinajstić information content (AvgIpc) is 2.44. The second-order valence-corrected chi connectivity index (χ2v) is 4.21. The van der Waals surface area contributed by atoms with Gasteiger partial charge >= 0.3 is 0 Å². The Morgan fingerprint density at radius 2 is 2.00 bits per heavy atom. The van der Waals surface area contributed by atoms with E-state index in [0.29, 0.717) is 11.4 Å². The van der Waals surface area contributed by atoms with Gasteiger partial charge in [0, 0.05) is 13.2 Å². The van der Waals surface area contributed by atoms with Crippen LogP contribution in [0.2, 0.25) is 0 Å². The highest BCUT2D eigenvalue weighted by molar-refractivity contribution is 5.98. The topological polar surface area (TPSA) is 103 Å². The van der Waals surface area contributed by atoms with E-state index in [2.05, 4.69) is 5.32 Å². The molecule has 6 nitrogen and oxygen atoms in total. The summed E-state index contributed by atoms with van der Waals surface area (Å²) in [5.41, 5.74) is 10.5. The molecule has 88 valence electrons. The highest BCUT2D eigenvalue weighted by Crippen LogP contribution is 2.10. The summed E-state index contributed by atoms with van der Waals surface area (Å²) in [6.45, 7) is 3.08. The van der Waals surface area contributed by atoms with Gasteiger partial charge in [-0.15, -0.1) is 0 Å². The third-order valence-corrected chi connectivity index (χ3v) is 2.30. The fraction of sp³-hybridized carbons (Fsp3) is 0.400. The van der Waals surface area contributed by atoms with Crippen LogP contribution in [-0.2, 0) is 11.8 Å². The average molecular weight is 224 g/mol. The maximum Gasteiger partial charge on any atom is 0.268 e. The molecular formula is C10H16N4O2. The van der Waals surface area contributed by atoms with Gasteiger partial charge in [0.15, 0.2) is 0 Å². The Kier molecular flexibility index (Phi) is 2.93. The Hall–Kier alpha value is -1.98. The molecule has 16 heavy (non-hydrogen) atoms. The zero-order valence-corrected chi connectivity index (χ0v) is 9.57. The third-order valence-electron chi connectivity index (χ3n) is 2.30. The number of nitrogens with zero attached hydrogens (tertiary/aromatic N) is 1. The standard InChI is InChI=1S/C10H16N4O2/c1-10(2,9(12)16)13-8(15)7-4-6(11)5-14(7)3/h4-5H,11H2,1-3H3,(H2,12,16)(H,13,15). The first-order chi connectivity index (χ1) is 7.24. The van der Waals surface area contributed by atoms with Gasteiger partial charge in [0.1, 0.15) is 11.2 Å². The van der Waals surface area contributed by atoms with E-state index >= 15 is 0 Å². The van der Waals surface area contributed by atoms with Gasteiger partial charge in [0.25, 0.3) is 5.91 Å². The van der Waals surface area contributed by atoms with E-state index in [4.69, 9.17) is 11.5 Å². The number of nitrogen functional groups attached to an aromatic ring is 1. The lowest BCUT2D eigenvalue weighted by molar-refractivity contribution is -0.122. The van der Waals surface area contributed by atoms with Crippen LogP contribution in [-0.4, -0.2) is 21.9 Å². The van der Waals surface area contributed by atoms with Crippen LogP contribution in [0.15, 0.2) is 12.3 Å². The smallest absolute Gasteiger partial charge is 0.268 e. The Labute approximate surface area is 93.6 Å². The maximum absolute atomic E-state index is 11.8. The minimum absolute atomic E-state index is 0.381. The zero-order chi connectivity index (χ0) is 12.5. The van der Waals surface area contributed by atoms with Crippen molar-refractivity contribution in [2.45, 2.75) is 19.4 Å².